The third kappa shape index (κ3) is 4.07. The van der Waals surface area contributed by atoms with Gasteiger partial charge in [-0.15, -0.1) is 0 Å². The number of para-hydroxylation sites is 1. The smallest absolute Gasteiger partial charge is 0.227 e. The molecule has 6 aromatic rings. The first-order valence-electron chi connectivity index (χ1n) is 12.5. The molecule has 0 amide bonds. The molecule has 0 fully saturated rings. The minimum atomic E-state index is 0.687. The lowest BCUT2D eigenvalue weighted by molar-refractivity contribution is 0.651. The van der Waals surface area contributed by atoms with Gasteiger partial charge in [-0.2, -0.15) is 0 Å². The molecule has 0 aliphatic carbocycles. The molecule has 3 heteroatoms. The summed E-state index contributed by atoms with van der Waals surface area (Å²) < 4.78 is 6.37. The summed E-state index contributed by atoms with van der Waals surface area (Å²) in [6.07, 6.45) is 3.83. The predicted octanol–water partition coefficient (Wildman–Crippen LogP) is 8.42. The summed E-state index contributed by atoms with van der Waals surface area (Å²) in [4.78, 5) is 9.73. The number of pyridine rings is 2. The minimum Gasteiger partial charge on any atom is -0.437 e. The highest BCUT2D eigenvalue weighted by Gasteiger charge is 2.16. The largest absolute Gasteiger partial charge is 0.437 e. The zero-order valence-corrected chi connectivity index (χ0v) is 20.9. The molecule has 0 saturated heterocycles. The van der Waals surface area contributed by atoms with Gasteiger partial charge in [0.2, 0.25) is 5.71 Å². The second-order valence-corrected chi connectivity index (χ2v) is 9.63. The summed E-state index contributed by atoms with van der Waals surface area (Å²) in [5.74, 6) is 0. The quantitative estimate of drug-likeness (QED) is 0.255. The van der Waals surface area contributed by atoms with Gasteiger partial charge in [0, 0.05) is 33.8 Å². The van der Waals surface area contributed by atoms with Gasteiger partial charge in [0.15, 0.2) is 0 Å². The second-order valence-electron chi connectivity index (χ2n) is 9.63. The van der Waals surface area contributed by atoms with Crippen LogP contribution in [-0.4, -0.2) is 9.97 Å². The summed E-state index contributed by atoms with van der Waals surface area (Å²) in [5.41, 5.74) is 11.9. The van der Waals surface area contributed by atoms with Gasteiger partial charge < -0.3 is 4.42 Å². The molecule has 0 spiro atoms. The molecule has 0 unspecified atom stereocenters. The Morgan fingerprint density at radius 1 is 0.667 bits per heavy atom. The molecule has 0 N–H and O–H groups in total. The summed E-state index contributed by atoms with van der Waals surface area (Å²) in [6, 6.07) is 29.8. The van der Waals surface area contributed by atoms with E-state index in [9.17, 15) is 0 Å². The van der Waals surface area contributed by atoms with Crippen LogP contribution < -0.4 is 0 Å². The molecule has 176 valence electrons. The summed E-state index contributed by atoms with van der Waals surface area (Å²) in [7, 11) is 0. The maximum atomic E-state index is 6.37. The Morgan fingerprint density at radius 2 is 1.50 bits per heavy atom. The molecule has 0 bridgehead atoms. The maximum Gasteiger partial charge on any atom is 0.227 e. The summed E-state index contributed by atoms with van der Waals surface area (Å²) in [6.45, 7) is 6.44. The molecule has 0 radical (unpaired) electrons. The van der Waals surface area contributed by atoms with Gasteiger partial charge >= 0.3 is 0 Å². The highest BCUT2D eigenvalue weighted by molar-refractivity contribution is 6.08. The number of rotatable bonds is 5. The van der Waals surface area contributed by atoms with Gasteiger partial charge in [0.25, 0.3) is 0 Å². The van der Waals surface area contributed by atoms with E-state index in [1.54, 1.807) is 0 Å². The number of fused-ring (bicyclic) bond motifs is 3. The first-order valence-corrected chi connectivity index (χ1v) is 12.5. The average Bonchev–Trinajstić information content (AvgIpc) is 3.26. The molecule has 36 heavy (non-hydrogen) atoms. The number of hydrogen-bond acceptors (Lipinski definition) is 3. The lowest BCUT2D eigenvalue weighted by atomic mass is 9.95. The average molecular weight is 469 g/mol. The van der Waals surface area contributed by atoms with Crippen molar-refractivity contribution in [3.63, 3.8) is 0 Å². The van der Waals surface area contributed by atoms with Crippen molar-refractivity contribution in [2.45, 2.75) is 33.6 Å². The Labute approximate surface area is 211 Å². The minimum absolute atomic E-state index is 0.687. The van der Waals surface area contributed by atoms with Crippen LogP contribution in [0.3, 0.4) is 0 Å². The molecule has 3 aromatic heterocycles. The Balaban J connectivity index is 1.37. The third-order valence-electron chi connectivity index (χ3n) is 6.99. The van der Waals surface area contributed by atoms with Crippen LogP contribution in [0.2, 0.25) is 0 Å². The Morgan fingerprint density at radius 3 is 2.31 bits per heavy atom. The Hall–Kier alpha value is -4.24. The molecule has 0 atom stereocenters. The van der Waals surface area contributed by atoms with E-state index in [0.717, 1.165) is 51.7 Å². The van der Waals surface area contributed by atoms with Gasteiger partial charge in [-0.05, 0) is 80.1 Å². The van der Waals surface area contributed by atoms with Crippen LogP contribution in [0.5, 0.6) is 0 Å². The van der Waals surface area contributed by atoms with E-state index in [2.05, 4.69) is 99.6 Å². The zero-order valence-electron chi connectivity index (χ0n) is 20.9. The van der Waals surface area contributed by atoms with Gasteiger partial charge in [-0.1, -0.05) is 66.2 Å². The number of aryl methyl sites for hydroxylation is 5. The molecule has 3 heterocycles. The third-order valence-corrected chi connectivity index (χ3v) is 6.99. The van der Waals surface area contributed by atoms with E-state index in [0.29, 0.717) is 5.71 Å². The topological polar surface area (TPSA) is 38.9 Å². The SMILES string of the molecule is Cc1ccc(-c2cnc(-c3cccc4c3oc3nc(CCc5ccccc5)ccc34)cc2C)c(C)c1. The fourth-order valence-electron chi connectivity index (χ4n) is 5.08. The van der Waals surface area contributed by atoms with Crippen LogP contribution in [-0.2, 0) is 12.8 Å². The number of nitrogens with zero attached hydrogens (tertiary/aromatic N) is 2. The van der Waals surface area contributed by atoms with E-state index in [1.165, 1.54) is 27.8 Å². The first-order chi connectivity index (χ1) is 17.6. The van der Waals surface area contributed by atoms with Crippen molar-refractivity contribution in [2.24, 2.45) is 0 Å². The Bertz CT molecular complexity index is 1710. The van der Waals surface area contributed by atoms with Crippen LogP contribution >= 0.6 is 0 Å². The van der Waals surface area contributed by atoms with Crippen LogP contribution in [0, 0.1) is 20.8 Å². The molecule has 3 aromatic carbocycles. The van der Waals surface area contributed by atoms with Gasteiger partial charge in [0.05, 0.1) is 5.69 Å². The van der Waals surface area contributed by atoms with Crippen molar-refractivity contribution in [2.75, 3.05) is 0 Å². The van der Waals surface area contributed by atoms with Gasteiger partial charge in [-0.25, -0.2) is 4.98 Å². The van der Waals surface area contributed by atoms with Crippen LogP contribution in [0.25, 0.3) is 44.5 Å². The molecule has 0 saturated carbocycles. The fraction of sp³-hybridized carbons (Fsp3) is 0.152. The predicted molar refractivity (Wildman–Crippen MR) is 148 cm³/mol. The van der Waals surface area contributed by atoms with E-state index in [-0.39, 0.29) is 0 Å². The van der Waals surface area contributed by atoms with Crippen molar-refractivity contribution in [3.05, 3.63) is 119 Å². The van der Waals surface area contributed by atoms with E-state index in [1.807, 2.05) is 12.3 Å². The van der Waals surface area contributed by atoms with Gasteiger partial charge in [-0.3, -0.25) is 4.98 Å². The van der Waals surface area contributed by atoms with Gasteiger partial charge in [0.1, 0.15) is 5.58 Å². The monoisotopic (exact) mass is 468 g/mol. The molecular weight excluding hydrogens is 440 g/mol. The number of hydrogen-bond donors (Lipinski definition) is 0. The van der Waals surface area contributed by atoms with E-state index < -0.39 is 0 Å². The highest BCUT2D eigenvalue weighted by Crippen LogP contribution is 2.36. The lowest BCUT2D eigenvalue weighted by Crippen LogP contribution is -1.93. The summed E-state index contributed by atoms with van der Waals surface area (Å²) in [5, 5.41) is 2.11. The van der Waals surface area contributed by atoms with Crippen molar-refractivity contribution in [3.8, 4) is 22.4 Å². The second kappa shape index (κ2) is 9.09. The van der Waals surface area contributed by atoms with Crippen LogP contribution in [0.15, 0.2) is 95.5 Å². The lowest BCUT2D eigenvalue weighted by Gasteiger charge is -2.11. The highest BCUT2D eigenvalue weighted by atomic mass is 16.3. The van der Waals surface area contributed by atoms with Crippen molar-refractivity contribution >= 4 is 22.1 Å². The van der Waals surface area contributed by atoms with Crippen LogP contribution in [0.1, 0.15) is 27.9 Å². The maximum absolute atomic E-state index is 6.37. The summed E-state index contributed by atoms with van der Waals surface area (Å²) >= 11 is 0. The number of benzene rings is 3. The number of aromatic nitrogens is 2. The Kier molecular flexibility index (Phi) is 5.61. The number of furan rings is 1. The molecular formula is C33H28N2O. The molecule has 0 aliphatic rings. The fourth-order valence-corrected chi connectivity index (χ4v) is 5.08. The van der Waals surface area contributed by atoms with E-state index in [4.69, 9.17) is 14.4 Å². The molecule has 0 aliphatic heterocycles. The van der Waals surface area contributed by atoms with Crippen molar-refractivity contribution in [1.82, 2.24) is 9.97 Å². The normalized spacial score (nSPS) is 11.4. The standard InChI is InChI=1S/C33H28N2O/c1-21-12-16-26(22(2)18-21)30-20-34-31(19-23(30)3)29-11-7-10-27-28-17-15-25(35-33(28)36-32(27)29)14-13-24-8-5-4-6-9-24/h4-12,15-20H,13-14H2,1-3H3. The molecule has 6 rings (SSSR count). The van der Waals surface area contributed by atoms with Crippen molar-refractivity contribution in [1.29, 1.82) is 0 Å². The zero-order chi connectivity index (χ0) is 24.6. The van der Waals surface area contributed by atoms with E-state index >= 15 is 0 Å². The first kappa shape index (κ1) is 22.2. The molecule has 3 nitrogen and oxygen atoms in total. The van der Waals surface area contributed by atoms with Crippen molar-refractivity contribution < 1.29 is 4.42 Å². The van der Waals surface area contributed by atoms with Crippen LogP contribution in [0.4, 0.5) is 0 Å².